The average Bonchev–Trinajstić information content (AvgIpc) is 2.49. The molecule has 0 aromatic heterocycles. The summed E-state index contributed by atoms with van der Waals surface area (Å²) in [5.41, 5.74) is 12.4. The molecule has 6 nitrogen and oxygen atoms in total. The zero-order valence-electron chi connectivity index (χ0n) is 13.4. The number of nitrogens with two attached hydrogens (primary N) is 2. The number of unbranched alkanes of at least 4 members (excludes halogenated alkanes) is 1. The van der Waals surface area contributed by atoms with Crippen molar-refractivity contribution >= 4 is 5.84 Å². The maximum atomic E-state index is 9.70. The summed E-state index contributed by atoms with van der Waals surface area (Å²) in [6.07, 6.45) is 6.63. The summed E-state index contributed by atoms with van der Waals surface area (Å²) in [4.78, 5) is 0. The lowest BCUT2D eigenvalue weighted by Crippen LogP contribution is -2.34. The van der Waals surface area contributed by atoms with Crippen LogP contribution < -0.4 is 22.1 Å². The molecule has 8 N–H and O–H groups in total. The molecule has 0 heterocycles. The van der Waals surface area contributed by atoms with Gasteiger partial charge in [0.05, 0.1) is 11.7 Å². The van der Waals surface area contributed by atoms with E-state index < -0.39 is 6.04 Å². The van der Waals surface area contributed by atoms with E-state index in [1.807, 2.05) is 0 Å². The van der Waals surface area contributed by atoms with E-state index in [1.54, 1.807) is 6.08 Å². The smallest absolute Gasteiger partial charge is 0.138 e. The summed E-state index contributed by atoms with van der Waals surface area (Å²) in [5.74, 6) is -0.145. The van der Waals surface area contributed by atoms with Crippen LogP contribution in [0, 0.1) is 5.41 Å². The van der Waals surface area contributed by atoms with E-state index in [-0.39, 0.29) is 11.6 Å². The SMILES string of the molecule is C=C/C(O)=C(\C=C)C(N)/C=C(/NCCNCCCC)C(=N)N. The van der Waals surface area contributed by atoms with Crippen LogP contribution in [0.3, 0.4) is 0 Å². The molecule has 0 aliphatic rings. The zero-order valence-corrected chi connectivity index (χ0v) is 13.4. The third-order valence-electron chi connectivity index (χ3n) is 3.03. The Morgan fingerprint density at radius 2 is 1.95 bits per heavy atom. The van der Waals surface area contributed by atoms with E-state index >= 15 is 0 Å². The van der Waals surface area contributed by atoms with Crippen molar-refractivity contribution in [3.63, 3.8) is 0 Å². The molecule has 0 amide bonds. The molecule has 0 saturated heterocycles. The van der Waals surface area contributed by atoms with Crippen LogP contribution in [0.4, 0.5) is 0 Å². The lowest BCUT2D eigenvalue weighted by Gasteiger charge is -2.15. The van der Waals surface area contributed by atoms with Gasteiger partial charge in [0, 0.05) is 18.7 Å². The Hall–Kier alpha value is -2.05. The molecule has 1 unspecified atom stereocenters. The van der Waals surface area contributed by atoms with Gasteiger partial charge in [-0.25, -0.2) is 0 Å². The van der Waals surface area contributed by atoms with E-state index in [0.717, 1.165) is 25.9 Å². The van der Waals surface area contributed by atoms with Gasteiger partial charge in [0.15, 0.2) is 0 Å². The van der Waals surface area contributed by atoms with Gasteiger partial charge in [-0.2, -0.15) is 0 Å². The minimum absolute atomic E-state index is 0.0390. The number of allylic oxidation sites excluding steroid dienone is 1. The summed E-state index contributed by atoms with van der Waals surface area (Å²) in [7, 11) is 0. The van der Waals surface area contributed by atoms with Crippen molar-refractivity contribution < 1.29 is 5.11 Å². The molecule has 1 atom stereocenters. The molecule has 0 rings (SSSR count). The molecular weight excluding hydrogens is 278 g/mol. The Morgan fingerprint density at radius 3 is 2.45 bits per heavy atom. The second kappa shape index (κ2) is 11.6. The third kappa shape index (κ3) is 7.66. The van der Waals surface area contributed by atoms with E-state index in [4.69, 9.17) is 16.9 Å². The van der Waals surface area contributed by atoms with Crippen LogP contribution in [-0.4, -0.2) is 36.6 Å². The summed E-state index contributed by atoms with van der Waals surface area (Å²) in [5, 5.41) is 23.6. The van der Waals surface area contributed by atoms with Crippen molar-refractivity contribution in [2.24, 2.45) is 11.5 Å². The lowest BCUT2D eigenvalue weighted by molar-refractivity contribution is 0.425. The summed E-state index contributed by atoms with van der Waals surface area (Å²) >= 11 is 0. The number of hydrogen-bond acceptors (Lipinski definition) is 5. The van der Waals surface area contributed by atoms with E-state index in [9.17, 15) is 5.11 Å². The Bertz CT molecular complexity index is 440. The topological polar surface area (TPSA) is 120 Å². The van der Waals surface area contributed by atoms with Gasteiger partial charge in [-0.3, -0.25) is 5.41 Å². The largest absolute Gasteiger partial charge is 0.508 e. The number of aliphatic hydroxyl groups is 1. The van der Waals surface area contributed by atoms with Crippen LogP contribution in [-0.2, 0) is 0 Å². The van der Waals surface area contributed by atoms with Gasteiger partial charge in [-0.1, -0.05) is 32.6 Å². The predicted molar refractivity (Wildman–Crippen MR) is 93.8 cm³/mol. The first-order valence-corrected chi connectivity index (χ1v) is 7.42. The average molecular weight is 307 g/mol. The van der Waals surface area contributed by atoms with Crippen molar-refractivity contribution in [3.05, 3.63) is 48.4 Å². The highest BCUT2D eigenvalue weighted by Gasteiger charge is 2.10. The van der Waals surface area contributed by atoms with Gasteiger partial charge in [-0.05, 0) is 25.1 Å². The van der Waals surface area contributed by atoms with Gasteiger partial charge in [0.25, 0.3) is 0 Å². The minimum atomic E-state index is -0.630. The van der Waals surface area contributed by atoms with Crippen LogP contribution in [0.25, 0.3) is 0 Å². The summed E-state index contributed by atoms with van der Waals surface area (Å²) in [6, 6.07) is -0.630. The molecule has 124 valence electrons. The van der Waals surface area contributed by atoms with Crippen LogP contribution in [0.5, 0.6) is 0 Å². The first-order valence-electron chi connectivity index (χ1n) is 7.42. The Labute approximate surface area is 133 Å². The summed E-state index contributed by atoms with van der Waals surface area (Å²) in [6.45, 7) is 11.6. The summed E-state index contributed by atoms with van der Waals surface area (Å²) < 4.78 is 0. The quantitative estimate of drug-likeness (QED) is 0.107. The number of rotatable bonds is 12. The molecular formula is C16H29N5O. The van der Waals surface area contributed by atoms with Crippen LogP contribution in [0.15, 0.2) is 48.4 Å². The zero-order chi connectivity index (χ0) is 17.0. The highest BCUT2D eigenvalue weighted by atomic mass is 16.3. The Kier molecular flexibility index (Phi) is 10.5. The normalized spacial score (nSPS) is 14.0. The Balaban J connectivity index is 4.70. The molecule has 6 heteroatoms. The molecule has 0 spiro atoms. The number of nitrogens with one attached hydrogen (secondary N) is 3. The second-order valence-electron chi connectivity index (χ2n) is 4.80. The number of aliphatic hydroxyl groups excluding tert-OH is 1. The van der Waals surface area contributed by atoms with Crippen molar-refractivity contribution in [1.82, 2.24) is 10.6 Å². The van der Waals surface area contributed by atoms with E-state index in [2.05, 4.69) is 30.7 Å². The van der Waals surface area contributed by atoms with Crippen molar-refractivity contribution in [2.75, 3.05) is 19.6 Å². The van der Waals surface area contributed by atoms with E-state index in [0.29, 0.717) is 17.8 Å². The van der Waals surface area contributed by atoms with E-state index in [1.165, 1.54) is 12.2 Å². The molecule has 0 aliphatic carbocycles. The molecule has 0 bridgehead atoms. The fraction of sp³-hybridized carbons (Fsp3) is 0.438. The third-order valence-corrected chi connectivity index (χ3v) is 3.03. The maximum Gasteiger partial charge on any atom is 0.138 e. The number of amidine groups is 1. The van der Waals surface area contributed by atoms with Crippen LogP contribution >= 0.6 is 0 Å². The van der Waals surface area contributed by atoms with Gasteiger partial charge >= 0.3 is 0 Å². The molecule has 0 aliphatic heterocycles. The molecule has 0 saturated carbocycles. The molecule has 0 radical (unpaired) electrons. The highest BCUT2D eigenvalue weighted by Crippen LogP contribution is 2.10. The number of hydrogen-bond donors (Lipinski definition) is 6. The molecule has 0 aromatic carbocycles. The Morgan fingerprint density at radius 1 is 1.27 bits per heavy atom. The molecule has 0 aromatic rings. The second-order valence-corrected chi connectivity index (χ2v) is 4.80. The first-order chi connectivity index (χ1) is 10.5. The van der Waals surface area contributed by atoms with Crippen molar-refractivity contribution in [3.8, 4) is 0 Å². The van der Waals surface area contributed by atoms with Gasteiger partial charge in [0.1, 0.15) is 11.6 Å². The molecule has 22 heavy (non-hydrogen) atoms. The minimum Gasteiger partial charge on any atom is -0.508 e. The lowest BCUT2D eigenvalue weighted by atomic mass is 10.0. The fourth-order valence-electron chi connectivity index (χ4n) is 1.75. The van der Waals surface area contributed by atoms with Crippen molar-refractivity contribution in [2.45, 2.75) is 25.8 Å². The molecule has 0 fully saturated rings. The van der Waals surface area contributed by atoms with Gasteiger partial charge in [0.2, 0.25) is 0 Å². The van der Waals surface area contributed by atoms with Crippen LogP contribution in [0.1, 0.15) is 19.8 Å². The van der Waals surface area contributed by atoms with Crippen LogP contribution in [0.2, 0.25) is 0 Å². The highest BCUT2D eigenvalue weighted by molar-refractivity contribution is 5.93. The fourth-order valence-corrected chi connectivity index (χ4v) is 1.75. The van der Waals surface area contributed by atoms with Gasteiger partial charge < -0.3 is 27.2 Å². The maximum absolute atomic E-state index is 9.70. The standard InChI is InChI=1S/C16H29N5O/c1-4-7-8-20-9-10-21-14(16(18)19)11-13(17)12(5-2)15(22)6-3/h5-6,11,13,20-22H,2-4,7-10,17H2,1H3,(H3,18,19)/b14-11+,15-12-. The monoisotopic (exact) mass is 307 g/mol. The predicted octanol–water partition coefficient (Wildman–Crippen LogP) is 1.30. The van der Waals surface area contributed by atoms with Crippen molar-refractivity contribution in [1.29, 1.82) is 5.41 Å². The van der Waals surface area contributed by atoms with Gasteiger partial charge in [-0.15, -0.1) is 0 Å². The first kappa shape index (κ1) is 19.9.